The maximum absolute atomic E-state index is 12.6. The maximum atomic E-state index is 12.6. The van der Waals surface area contributed by atoms with Crippen LogP contribution in [0, 0.1) is 12.8 Å². The van der Waals surface area contributed by atoms with Gasteiger partial charge in [-0.05, 0) is 49.8 Å². The van der Waals surface area contributed by atoms with Gasteiger partial charge in [-0.15, -0.1) is 0 Å². The lowest BCUT2D eigenvalue weighted by Crippen LogP contribution is -2.39. The Kier molecular flexibility index (Phi) is 7.09. The summed E-state index contributed by atoms with van der Waals surface area (Å²) in [6.45, 7) is 5.28. The molecule has 0 bridgehead atoms. The predicted molar refractivity (Wildman–Crippen MR) is 108 cm³/mol. The normalized spacial score (nSPS) is 15.0. The van der Waals surface area contributed by atoms with E-state index in [0.717, 1.165) is 50.5 Å². The Balaban J connectivity index is 1.45. The molecule has 0 radical (unpaired) electrons. The molecule has 6 heteroatoms. The molecule has 6 nitrogen and oxygen atoms in total. The first-order valence-corrected chi connectivity index (χ1v) is 10.0. The summed E-state index contributed by atoms with van der Waals surface area (Å²) in [5.74, 6) is 2.67. The summed E-state index contributed by atoms with van der Waals surface area (Å²) in [5.41, 5.74) is 2.34. The zero-order valence-electron chi connectivity index (χ0n) is 17.2. The van der Waals surface area contributed by atoms with Gasteiger partial charge in [-0.1, -0.05) is 12.1 Å². The van der Waals surface area contributed by atoms with Crippen LogP contribution in [0.25, 0.3) is 0 Å². The number of amides is 1. The lowest BCUT2D eigenvalue weighted by Gasteiger charge is -2.32. The number of piperidine rings is 1. The second-order valence-corrected chi connectivity index (χ2v) is 7.53. The van der Waals surface area contributed by atoms with Gasteiger partial charge in [0.1, 0.15) is 18.2 Å². The number of carbonyl (C=O) groups excluding carboxylic acids is 1. The molecule has 1 aliphatic rings. The van der Waals surface area contributed by atoms with Crippen LogP contribution in [0.1, 0.15) is 36.3 Å². The highest BCUT2D eigenvalue weighted by atomic mass is 16.5. The van der Waals surface area contributed by atoms with E-state index in [4.69, 9.17) is 9.47 Å². The fourth-order valence-electron chi connectivity index (χ4n) is 3.83. The lowest BCUT2D eigenvalue weighted by molar-refractivity contribution is -0.132. The summed E-state index contributed by atoms with van der Waals surface area (Å²) in [5, 5.41) is 0. The molecule has 28 heavy (non-hydrogen) atoms. The van der Waals surface area contributed by atoms with Crippen LogP contribution in [0.3, 0.4) is 0 Å². The Morgan fingerprint density at radius 1 is 1.18 bits per heavy atom. The van der Waals surface area contributed by atoms with Crippen LogP contribution in [0.15, 0.2) is 30.5 Å². The molecule has 0 spiro atoms. The van der Waals surface area contributed by atoms with E-state index in [9.17, 15) is 4.79 Å². The van der Waals surface area contributed by atoms with Crippen molar-refractivity contribution in [3.8, 4) is 5.75 Å². The molecule has 0 aliphatic carbocycles. The van der Waals surface area contributed by atoms with Crippen molar-refractivity contribution in [3.05, 3.63) is 47.5 Å². The molecule has 0 N–H and O–H groups in total. The Labute approximate surface area is 167 Å². The fourth-order valence-corrected chi connectivity index (χ4v) is 3.83. The van der Waals surface area contributed by atoms with Gasteiger partial charge in [0.25, 0.3) is 0 Å². The number of hydrogen-bond acceptors (Lipinski definition) is 4. The molecule has 1 aromatic carbocycles. The Morgan fingerprint density at radius 3 is 2.54 bits per heavy atom. The SMILES string of the molecule is COCc1ncc(C)n1CC1CCN(C(=O)CCc2ccc(OC)cc2)CC1. The van der Waals surface area contributed by atoms with E-state index in [1.807, 2.05) is 35.4 Å². The number of likely N-dealkylation sites (tertiary alicyclic amines) is 1. The van der Waals surface area contributed by atoms with Gasteiger partial charge in [-0.25, -0.2) is 4.98 Å². The number of aryl methyl sites for hydroxylation is 2. The lowest BCUT2D eigenvalue weighted by atomic mass is 9.96. The van der Waals surface area contributed by atoms with Crippen LogP contribution in [0.4, 0.5) is 0 Å². The molecule has 2 aromatic rings. The second-order valence-electron chi connectivity index (χ2n) is 7.53. The van der Waals surface area contributed by atoms with Crippen LogP contribution >= 0.6 is 0 Å². The number of aromatic nitrogens is 2. The minimum absolute atomic E-state index is 0.258. The van der Waals surface area contributed by atoms with E-state index < -0.39 is 0 Å². The largest absolute Gasteiger partial charge is 0.497 e. The number of ether oxygens (including phenoxy) is 2. The van der Waals surface area contributed by atoms with Crippen LogP contribution < -0.4 is 4.74 Å². The van der Waals surface area contributed by atoms with E-state index in [1.165, 1.54) is 11.3 Å². The van der Waals surface area contributed by atoms with Gasteiger partial charge in [0, 0.05) is 45.1 Å². The highest BCUT2D eigenvalue weighted by molar-refractivity contribution is 5.76. The molecule has 0 unspecified atom stereocenters. The minimum atomic E-state index is 0.258. The first-order chi connectivity index (χ1) is 13.6. The van der Waals surface area contributed by atoms with E-state index >= 15 is 0 Å². The third-order valence-corrected chi connectivity index (χ3v) is 5.61. The summed E-state index contributed by atoms with van der Waals surface area (Å²) in [6.07, 6.45) is 5.33. The van der Waals surface area contributed by atoms with E-state index in [-0.39, 0.29) is 5.91 Å². The van der Waals surface area contributed by atoms with Crippen LogP contribution in [-0.2, 0) is 29.1 Å². The first kappa shape index (κ1) is 20.4. The van der Waals surface area contributed by atoms with E-state index in [1.54, 1.807) is 14.2 Å². The maximum Gasteiger partial charge on any atom is 0.222 e. The Bertz CT molecular complexity index is 762. The number of nitrogens with zero attached hydrogens (tertiary/aromatic N) is 3. The topological polar surface area (TPSA) is 56.6 Å². The fraction of sp³-hybridized carbons (Fsp3) is 0.545. The monoisotopic (exact) mass is 385 g/mol. The van der Waals surface area contributed by atoms with Crippen LogP contribution in [0.2, 0.25) is 0 Å². The molecule has 1 amide bonds. The highest BCUT2D eigenvalue weighted by Crippen LogP contribution is 2.22. The van der Waals surface area contributed by atoms with Crippen LogP contribution in [0.5, 0.6) is 5.75 Å². The zero-order valence-corrected chi connectivity index (χ0v) is 17.2. The van der Waals surface area contributed by atoms with Crippen molar-refractivity contribution in [2.75, 3.05) is 27.3 Å². The van der Waals surface area contributed by atoms with Crippen molar-refractivity contribution in [1.29, 1.82) is 0 Å². The number of rotatable bonds is 8. The van der Waals surface area contributed by atoms with Gasteiger partial charge in [0.15, 0.2) is 0 Å². The van der Waals surface area contributed by atoms with Crippen molar-refractivity contribution >= 4 is 5.91 Å². The van der Waals surface area contributed by atoms with Crippen LogP contribution in [-0.4, -0.2) is 47.7 Å². The Morgan fingerprint density at radius 2 is 1.89 bits per heavy atom. The van der Waals surface area contributed by atoms with Gasteiger partial charge in [-0.3, -0.25) is 4.79 Å². The molecular weight excluding hydrogens is 354 g/mol. The standard InChI is InChI=1S/C22H31N3O3/c1-17-14-23-21(16-27-2)25(17)15-19-10-12-24(13-11-19)22(26)9-6-18-4-7-20(28-3)8-5-18/h4-5,7-8,14,19H,6,9-13,15-16H2,1-3H3. The van der Waals surface area contributed by atoms with Gasteiger partial charge >= 0.3 is 0 Å². The molecule has 0 saturated carbocycles. The molecule has 0 atom stereocenters. The summed E-state index contributed by atoms with van der Waals surface area (Å²) >= 11 is 0. The molecule has 1 fully saturated rings. The third-order valence-electron chi connectivity index (χ3n) is 5.61. The molecule has 3 rings (SSSR count). The summed E-state index contributed by atoms with van der Waals surface area (Å²) in [4.78, 5) is 19.0. The summed E-state index contributed by atoms with van der Waals surface area (Å²) < 4.78 is 12.7. The Hall–Kier alpha value is -2.34. The number of benzene rings is 1. The average molecular weight is 386 g/mol. The number of imidazole rings is 1. The molecule has 2 heterocycles. The highest BCUT2D eigenvalue weighted by Gasteiger charge is 2.23. The van der Waals surface area contributed by atoms with Gasteiger partial charge in [0.05, 0.1) is 7.11 Å². The quantitative estimate of drug-likeness (QED) is 0.700. The average Bonchev–Trinajstić information content (AvgIpc) is 3.07. The molecule has 1 aromatic heterocycles. The number of carbonyl (C=O) groups is 1. The predicted octanol–water partition coefficient (Wildman–Crippen LogP) is 3.22. The summed E-state index contributed by atoms with van der Waals surface area (Å²) in [7, 11) is 3.36. The molecule has 152 valence electrons. The molecule has 1 aliphatic heterocycles. The summed E-state index contributed by atoms with van der Waals surface area (Å²) in [6, 6.07) is 7.95. The van der Waals surface area contributed by atoms with Gasteiger partial charge in [-0.2, -0.15) is 0 Å². The van der Waals surface area contributed by atoms with E-state index in [2.05, 4.69) is 16.5 Å². The van der Waals surface area contributed by atoms with Gasteiger partial charge in [0.2, 0.25) is 5.91 Å². The third kappa shape index (κ3) is 5.13. The minimum Gasteiger partial charge on any atom is -0.497 e. The molecule has 1 saturated heterocycles. The number of hydrogen-bond donors (Lipinski definition) is 0. The molecular formula is C22H31N3O3. The number of methoxy groups -OCH3 is 2. The van der Waals surface area contributed by atoms with Crippen molar-refractivity contribution in [3.63, 3.8) is 0 Å². The van der Waals surface area contributed by atoms with Gasteiger partial charge < -0.3 is 18.9 Å². The van der Waals surface area contributed by atoms with E-state index in [0.29, 0.717) is 18.9 Å². The van der Waals surface area contributed by atoms with Crippen molar-refractivity contribution in [1.82, 2.24) is 14.5 Å². The smallest absolute Gasteiger partial charge is 0.222 e. The van der Waals surface area contributed by atoms with Crippen molar-refractivity contribution in [2.24, 2.45) is 5.92 Å². The van der Waals surface area contributed by atoms with Crippen molar-refractivity contribution < 1.29 is 14.3 Å². The zero-order chi connectivity index (χ0) is 19.9. The van der Waals surface area contributed by atoms with Crippen molar-refractivity contribution in [2.45, 2.75) is 45.8 Å². The second kappa shape index (κ2) is 9.73. The first-order valence-electron chi connectivity index (χ1n) is 10.0.